The van der Waals surface area contributed by atoms with Gasteiger partial charge in [0.1, 0.15) is 11.6 Å². The number of fused-ring (bicyclic) bond motifs is 1. The molecule has 1 unspecified atom stereocenters. The first-order valence-corrected chi connectivity index (χ1v) is 10.9. The Morgan fingerprint density at radius 1 is 0.969 bits per heavy atom. The Balaban J connectivity index is 2.05. The number of anilines is 1. The summed E-state index contributed by atoms with van der Waals surface area (Å²) in [6.45, 7) is 10.6. The number of nitrogens with one attached hydrogen (secondary N) is 1. The van der Waals surface area contributed by atoms with Crippen molar-refractivity contribution in [2.75, 3.05) is 12.4 Å². The van der Waals surface area contributed by atoms with Gasteiger partial charge in [0.15, 0.2) is 0 Å². The summed E-state index contributed by atoms with van der Waals surface area (Å²) in [5, 5.41) is 3.63. The van der Waals surface area contributed by atoms with Crippen molar-refractivity contribution in [2.24, 2.45) is 5.73 Å². The summed E-state index contributed by atoms with van der Waals surface area (Å²) in [4.78, 5) is 0. The van der Waals surface area contributed by atoms with Crippen LogP contribution in [0.2, 0.25) is 0 Å². The van der Waals surface area contributed by atoms with E-state index in [4.69, 9.17) is 10.5 Å². The number of methoxy groups -OCH3 is 1. The van der Waals surface area contributed by atoms with Crippen LogP contribution in [-0.4, -0.2) is 12.6 Å². The summed E-state index contributed by atoms with van der Waals surface area (Å²) in [6.07, 6.45) is 2.24. The monoisotopic (exact) mass is 430 g/mol. The Labute approximate surface area is 190 Å². The molecule has 4 rings (SSSR count). The molecular weight excluding hydrogens is 399 g/mol. The Morgan fingerprint density at radius 2 is 1.69 bits per heavy atom. The normalized spacial score (nSPS) is 15.4. The van der Waals surface area contributed by atoms with Gasteiger partial charge in [-0.25, -0.2) is 4.39 Å². The van der Waals surface area contributed by atoms with Gasteiger partial charge in [-0.15, -0.1) is 0 Å². The minimum absolute atomic E-state index is 0.160. The van der Waals surface area contributed by atoms with Gasteiger partial charge in [-0.05, 0) is 80.6 Å². The quantitative estimate of drug-likeness (QED) is 0.480. The average molecular weight is 431 g/mol. The highest BCUT2D eigenvalue weighted by molar-refractivity contribution is 5.89. The van der Waals surface area contributed by atoms with Crippen LogP contribution in [0.4, 0.5) is 10.1 Å². The van der Waals surface area contributed by atoms with Crippen LogP contribution in [0.1, 0.15) is 54.6 Å². The lowest BCUT2D eigenvalue weighted by atomic mass is 9.80. The van der Waals surface area contributed by atoms with Crippen LogP contribution >= 0.6 is 0 Å². The van der Waals surface area contributed by atoms with E-state index in [9.17, 15) is 4.39 Å². The highest BCUT2D eigenvalue weighted by atomic mass is 19.1. The molecule has 3 nitrogen and oxygen atoms in total. The highest BCUT2D eigenvalue weighted by Crippen LogP contribution is 2.45. The van der Waals surface area contributed by atoms with Crippen molar-refractivity contribution in [2.45, 2.75) is 46.2 Å². The second-order valence-corrected chi connectivity index (χ2v) is 9.31. The smallest absolute Gasteiger partial charge is 0.129 e. The van der Waals surface area contributed by atoms with Gasteiger partial charge < -0.3 is 15.8 Å². The van der Waals surface area contributed by atoms with Gasteiger partial charge in [-0.3, -0.25) is 0 Å². The van der Waals surface area contributed by atoms with Crippen molar-refractivity contribution in [1.29, 1.82) is 0 Å². The zero-order valence-corrected chi connectivity index (χ0v) is 19.6. The van der Waals surface area contributed by atoms with Crippen LogP contribution in [0, 0.1) is 19.7 Å². The van der Waals surface area contributed by atoms with Crippen LogP contribution in [0.3, 0.4) is 0 Å². The maximum Gasteiger partial charge on any atom is 0.129 e. The van der Waals surface area contributed by atoms with Crippen molar-refractivity contribution in [3.63, 3.8) is 0 Å². The SMILES string of the molecule is COc1cc(F)ccc1-c1ccc2c(c1C(N)c1cc(C)ccc1C)C(C)=CC(C)(C)N2. The van der Waals surface area contributed by atoms with Gasteiger partial charge >= 0.3 is 0 Å². The lowest BCUT2D eigenvalue weighted by molar-refractivity contribution is 0.413. The number of nitrogens with two attached hydrogens (primary N) is 1. The van der Waals surface area contributed by atoms with E-state index in [0.29, 0.717) is 5.75 Å². The number of allylic oxidation sites excluding steroid dienone is 1. The molecule has 1 heterocycles. The molecular formula is C28H31FN2O. The number of halogens is 1. The van der Waals surface area contributed by atoms with Gasteiger partial charge in [-0.1, -0.05) is 35.9 Å². The van der Waals surface area contributed by atoms with E-state index in [2.05, 4.69) is 76.3 Å². The third-order valence-electron chi connectivity index (χ3n) is 6.21. The minimum atomic E-state index is -0.360. The second kappa shape index (κ2) is 8.10. The number of aryl methyl sites for hydroxylation is 2. The molecule has 3 aromatic carbocycles. The maximum atomic E-state index is 14.0. The molecule has 1 atom stereocenters. The molecule has 0 aliphatic carbocycles. The van der Waals surface area contributed by atoms with Crippen LogP contribution in [-0.2, 0) is 0 Å². The molecule has 3 aromatic rings. The fraction of sp³-hybridized carbons (Fsp3) is 0.286. The first kappa shape index (κ1) is 22.1. The van der Waals surface area contributed by atoms with Crippen LogP contribution in [0.25, 0.3) is 16.7 Å². The lowest BCUT2D eigenvalue weighted by Gasteiger charge is -2.35. The minimum Gasteiger partial charge on any atom is -0.496 e. The summed E-state index contributed by atoms with van der Waals surface area (Å²) < 4.78 is 19.5. The second-order valence-electron chi connectivity index (χ2n) is 9.31. The maximum absolute atomic E-state index is 14.0. The first-order chi connectivity index (χ1) is 15.1. The summed E-state index contributed by atoms with van der Waals surface area (Å²) in [6, 6.07) is 14.8. The van der Waals surface area contributed by atoms with Gasteiger partial charge in [0.2, 0.25) is 0 Å². The topological polar surface area (TPSA) is 47.3 Å². The summed E-state index contributed by atoms with van der Waals surface area (Å²) in [5.41, 5.74) is 16.4. The Bertz CT molecular complexity index is 1230. The van der Waals surface area contributed by atoms with E-state index in [-0.39, 0.29) is 17.4 Å². The van der Waals surface area contributed by atoms with Gasteiger partial charge in [0, 0.05) is 22.9 Å². The third kappa shape index (κ3) is 3.91. The lowest BCUT2D eigenvalue weighted by Crippen LogP contribution is -2.32. The molecule has 3 N–H and O–H groups in total. The van der Waals surface area contributed by atoms with Crippen molar-refractivity contribution in [3.8, 4) is 16.9 Å². The molecule has 166 valence electrons. The molecule has 0 spiro atoms. The molecule has 0 saturated carbocycles. The molecule has 0 bridgehead atoms. The summed E-state index contributed by atoms with van der Waals surface area (Å²) >= 11 is 0. The Kier molecular flexibility index (Phi) is 5.59. The molecule has 1 aliphatic rings. The van der Waals surface area contributed by atoms with Crippen molar-refractivity contribution in [1.82, 2.24) is 0 Å². The third-order valence-corrected chi connectivity index (χ3v) is 6.21. The van der Waals surface area contributed by atoms with E-state index in [1.165, 1.54) is 23.3 Å². The number of ether oxygens (including phenoxy) is 1. The van der Waals surface area contributed by atoms with Crippen molar-refractivity contribution >= 4 is 11.3 Å². The van der Waals surface area contributed by atoms with Crippen molar-refractivity contribution < 1.29 is 9.13 Å². The van der Waals surface area contributed by atoms with Crippen molar-refractivity contribution in [3.05, 3.63) is 88.2 Å². The van der Waals surface area contributed by atoms with E-state index in [1.54, 1.807) is 13.2 Å². The molecule has 0 aromatic heterocycles. The van der Waals surface area contributed by atoms with E-state index in [1.807, 2.05) is 0 Å². The average Bonchev–Trinajstić information content (AvgIpc) is 2.73. The molecule has 4 heteroatoms. The number of rotatable bonds is 4. The fourth-order valence-corrected chi connectivity index (χ4v) is 4.84. The Morgan fingerprint density at radius 3 is 2.41 bits per heavy atom. The van der Waals surface area contributed by atoms with E-state index < -0.39 is 0 Å². The van der Waals surface area contributed by atoms with Crippen LogP contribution in [0.5, 0.6) is 5.75 Å². The standard InChI is InChI=1S/C28H31FN2O/c1-16-7-8-17(2)22(13-16)27(30)26-21(20-10-9-19(29)14-24(20)32-6)11-12-23-25(26)18(3)15-28(4,5)31-23/h7-15,27,31H,30H2,1-6H3. The molecule has 0 radical (unpaired) electrons. The largest absolute Gasteiger partial charge is 0.496 e. The van der Waals surface area contributed by atoms with E-state index in [0.717, 1.165) is 39.1 Å². The van der Waals surface area contributed by atoms with Crippen LogP contribution in [0.15, 0.2) is 54.6 Å². The molecule has 0 amide bonds. The number of benzene rings is 3. The van der Waals surface area contributed by atoms with Gasteiger partial charge in [0.05, 0.1) is 18.7 Å². The predicted molar refractivity (Wildman–Crippen MR) is 132 cm³/mol. The van der Waals surface area contributed by atoms with Gasteiger partial charge in [0.25, 0.3) is 0 Å². The molecule has 32 heavy (non-hydrogen) atoms. The molecule has 0 saturated heterocycles. The fourth-order valence-electron chi connectivity index (χ4n) is 4.84. The summed E-state index contributed by atoms with van der Waals surface area (Å²) in [7, 11) is 1.57. The summed E-state index contributed by atoms with van der Waals surface area (Å²) in [5.74, 6) is 0.161. The number of hydrogen-bond donors (Lipinski definition) is 2. The van der Waals surface area contributed by atoms with Crippen LogP contribution < -0.4 is 15.8 Å². The zero-order valence-electron chi connectivity index (χ0n) is 19.6. The zero-order chi connectivity index (χ0) is 23.2. The molecule has 1 aliphatic heterocycles. The number of hydrogen-bond acceptors (Lipinski definition) is 3. The van der Waals surface area contributed by atoms with Gasteiger partial charge in [-0.2, -0.15) is 0 Å². The van der Waals surface area contributed by atoms with E-state index >= 15 is 0 Å². The molecule has 0 fully saturated rings. The Hall–Kier alpha value is -3.11. The predicted octanol–water partition coefficient (Wildman–Crippen LogP) is 6.77. The highest BCUT2D eigenvalue weighted by Gasteiger charge is 2.29. The first-order valence-electron chi connectivity index (χ1n) is 10.9.